The van der Waals surface area contributed by atoms with Gasteiger partial charge in [-0.15, -0.1) is 27.5 Å². The van der Waals surface area contributed by atoms with E-state index in [2.05, 4.69) is 27.8 Å². The van der Waals surface area contributed by atoms with Crippen LogP contribution in [0.2, 0.25) is 0 Å². The molecule has 0 fully saturated rings. The van der Waals surface area contributed by atoms with E-state index in [1.807, 2.05) is 43.3 Å². The lowest BCUT2D eigenvalue weighted by molar-refractivity contribution is 0.940. The van der Waals surface area contributed by atoms with Crippen molar-refractivity contribution < 1.29 is 0 Å². The van der Waals surface area contributed by atoms with Gasteiger partial charge in [0.05, 0.1) is 5.69 Å². The number of para-hydroxylation sites is 1. The van der Waals surface area contributed by atoms with Gasteiger partial charge in [-0.05, 0) is 43.5 Å². The van der Waals surface area contributed by atoms with Crippen molar-refractivity contribution in [2.45, 2.75) is 19.8 Å². The van der Waals surface area contributed by atoms with Crippen molar-refractivity contribution in [2.75, 3.05) is 11.2 Å². The van der Waals surface area contributed by atoms with E-state index >= 15 is 0 Å². The molecule has 0 atom stereocenters. The van der Waals surface area contributed by atoms with Crippen molar-refractivity contribution in [1.29, 1.82) is 0 Å². The first-order valence-electron chi connectivity index (χ1n) is 6.86. The Balaban J connectivity index is 2.19. The summed E-state index contributed by atoms with van der Waals surface area (Å²) in [4.78, 5) is 0. The number of allylic oxidation sites excluding steroid dienone is 1. The third kappa shape index (κ3) is 4.19. The number of aromatic nitrogens is 2. The van der Waals surface area contributed by atoms with Crippen LogP contribution in [-0.4, -0.2) is 16.1 Å². The fourth-order valence-electron chi connectivity index (χ4n) is 2.05. The molecule has 1 aromatic heterocycles. The molecule has 0 bridgehead atoms. The summed E-state index contributed by atoms with van der Waals surface area (Å²) in [7, 11) is 0. The molecule has 4 heteroatoms. The molecule has 0 unspecified atom stereocenters. The molecule has 0 radical (unpaired) electrons. The van der Waals surface area contributed by atoms with Crippen LogP contribution in [0.15, 0.2) is 48.7 Å². The lowest BCUT2D eigenvalue weighted by Crippen LogP contribution is -2.01. The van der Waals surface area contributed by atoms with E-state index in [0.29, 0.717) is 5.88 Å². The van der Waals surface area contributed by atoms with E-state index < -0.39 is 0 Å². The number of nitrogens with zero attached hydrogens (tertiary/aromatic N) is 2. The van der Waals surface area contributed by atoms with Crippen LogP contribution in [0.25, 0.3) is 5.57 Å². The molecule has 2 aromatic rings. The summed E-state index contributed by atoms with van der Waals surface area (Å²) in [5.74, 6) is 1.34. The normalized spacial score (nSPS) is 10.0. The average molecular weight is 300 g/mol. The molecule has 1 N–H and O–H groups in total. The van der Waals surface area contributed by atoms with Gasteiger partial charge in [-0.25, -0.2) is 0 Å². The molecule has 108 valence electrons. The Morgan fingerprint density at radius 2 is 2.05 bits per heavy atom. The van der Waals surface area contributed by atoms with Gasteiger partial charge >= 0.3 is 0 Å². The van der Waals surface area contributed by atoms with E-state index in [4.69, 9.17) is 11.6 Å². The highest BCUT2D eigenvalue weighted by molar-refractivity contribution is 6.17. The van der Waals surface area contributed by atoms with Gasteiger partial charge in [0.2, 0.25) is 0 Å². The Morgan fingerprint density at radius 3 is 2.67 bits per heavy atom. The minimum absolute atomic E-state index is 0.616. The standard InChI is InChI=1S/C17H18ClN3/c1-3-14(8-7-11-18)17-13(2)12-16(20-21-17)19-15-9-5-4-6-10-15/h4-6,9-10,12H,1,7-8,11H2,2H3,(H,19,20). The molecule has 2 rings (SSSR count). The molecule has 21 heavy (non-hydrogen) atoms. The summed E-state index contributed by atoms with van der Waals surface area (Å²) in [5.41, 5.74) is 6.79. The second kappa shape index (κ2) is 7.63. The summed E-state index contributed by atoms with van der Waals surface area (Å²) >= 11 is 5.74. The second-order valence-corrected chi connectivity index (χ2v) is 5.08. The number of hydrogen-bond donors (Lipinski definition) is 1. The topological polar surface area (TPSA) is 37.8 Å². The Labute approximate surface area is 130 Å². The molecule has 3 nitrogen and oxygen atoms in total. The Bertz CT molecular complexity index is 646. The van der Waals surface area contributed by atoms with E-state index in [9.17, 15) is 0 Å². The summed E-state index contributed by atoms with van der Waals surface area (Å²) in [6, 6.07) is 11.9. The predicted octanol–water partition coefficient (Wildman–Crippen LogP) is 4.72. The summed E-state index contributed by atoms with van der Waals surface area (Å²) in [5, 5.41) is 11.8. The number of anilines is 2. The Hall–Kier alpha value is -2.09. The van der Waals surface area contributed by atoms with E-state index in [0.717, 1.165) is 41.2 Å². The zero-order valence-electron chi connectivity index (χ0n) is 12.1. The van der Waals surface area contributed by atoms with Gasteiger partial charge in [-0.3, -0.25) is 0 Å². The highest BCUT2D eigenvalue weighted by Gasteiger charge is 2.08. The maximum atomic E-state index is 5.74. The third-order valence-corrected chi connectivity index (χ3v) is 3.36. The first-order valence-corrected chi connectivity index (χ1v) is 7.39. The van der Waals surface area contributed by atoms with E-state index in [-0.39, 0.29) is 0 Å². The monoisotopic (exact) mass is 299 g/mol. The molecule has 1 heterocycles. The van der Waals surface area contributed by atoms with Crippen molar-refractivity contribution in [3.63, 3.8) is 0 Å². The maximum Gasteiger partial charge on any atom is 0.153 e. The molecule has 1 aromatic carbocycles. The first kappa shape index (κ1) is 15.3. The fraction of sp³-hybridized carbons (Fsp3) is 0.235. The first-order chi connectivity index (χ1) is 10.2. The van der Waals surface area contributed by atoms with Crippen LogP contribution < -0.4 is 5.32 Å². The van der Waals surface area contributed by atoms with Gasteiger partial charge in [-0.2, -0.15) is 0 Å². The molecule has 0 aliphatic rings. The highest BCUT2D eigenvalue weighted by atomic mass is 35.5. The zero-order valence-corrected chi connectivity index (χ0v) is 12.8. The fourth-order valence-corrected chi connectivity index (χ4v) is 2.18. The highest BCUT2D eigenvalue weighted by Crippen LogP contribution is 2.22. The number of nitrogens with one attached hydrogen (secondary N) is 1. The molecule has 0 saturated carbocycles. The zero-order chi connectivity index (χ0) is 15.1. The van der Waals surface area contributed by atoms with Crippen LogP contribution in [0.4, 0.5) is 11.5 Å². The van der Waals surface area contributed by atoms with Gasteiger partial charge in [0.1, 0.15) is 0 Å². The smallest absolute Gasteiger partial charge is 0.153 e. The molecular weight excluding hydrogens is 282 g/mol. The Morgan fingerprint density at radius 1 is 1.29 bits per heavy atom. The van der Waals surface area contributed by atoms with Crippen LogP contribution in [0.3, 0.4) is 0 Å². The number of rotatable bonds is 6. The lowest BCUT2D eigenvalue weighted by Gasteiger charge is -2.09. The number of halogens is 1. The molecule has 0 aliphatic heterocycles. The van der Waals surface area contributed by atoms with Gasteiger partial charge in [0.15, 0.2) is 5.82 Å². The summed E-state index contributed by atoms with van der Waals surface area (Å²) in [6.07, 6.45) is 1.69. The lowest BCUT2D eigenvalue weighted by atomic mass is 10.0. The SMILES string of the molecule is C=C=C(CCCCl)c1nnc(Nc2ccccc2)cc1C. The Kier molecular flexibility index (Phi) is 5.56. The number of benzene rings is 1. The minimum Gasteiger partial charge on any atom is -0.339 e. The molecular formula is C17H18ClN3. The van der Waals surface area contributed by atoms with Gasteiger partial charge in [-0.1, -0.05) is 24.8 Å². The van der Waals surface area contributed by atoms with Crippen LogP contribution in [0.5, 0.6) is 0 Å². The van der Waals surface area contributed by atoms with Crippen LogP contribution in [-0.2, 0) is 0 Å². The van der Waals surface area contributed by atoms with Crippen LogP contribution in [0, 0.1) is 6.92 Å². The van der Waals surface area contributed by atoms with Crippen molar-refractivity contribution in [1.82, 2.24) is 10.2 Å². The van der Waals surface area contributed by atoms with Gasteiger partial charge < -0.3 is 5.32 Å². The van der Waals surface area contributed by atoms with E-state index in [1.165, 1.54) is 0 Å². The maximum absolute atomic E-state index is 5.74. The molecule has 0 spiro atoms. The summed E-state index contributed by atoms with van der Waals surface area (Å²) < 4.78 is 0. The molecule has 0 aliphatic carbocycles. The van der Waals surface area contributed by atoms with Crippen molar-refractivity contribution in [3.05, 3.63) is 60.0 Å². The van der Waals surface area contributed by atoms with E-state index in [1.54, 1.807) is 0 Å². The number of alkyl halides is 1. The third-order valence-electron chi connectivity index (χ3n) is 3.09. The minimum atomic E-state index is 0.616. The van der Waals surface area contributed by atoms with Gasteiger partial charge in [0, 0.05) is 17.1 Å². The van der Waals surface area contributed by atoms with Crippen LogP contribution in [0.1, 0.15) is 24.1 Å². The number of aryl methyl sites for hydroxylation is 1. The number of hydrogen-bond acceptors (Lipinski definition) is 3. The second-order valence-electron chi connectivity index (χ2n) is 4.70. The van der Waals surface area contributed by atoms with Crippen molar-refractivity contribution in [3.8, 4) is 0 Å². The average Bonchev–Trinajstić information content (AvgIpc) is 2.50. The molecule has 0 amide bonds. The molecule has 0 saturated heterocycles. The summed E-state index contributed by atoms with van der Waals surface area (Å²) in [6.45, 7) is 5.75. The van der Waals surface area contributed by atoms with Gasteiger partial charge in [0.25, 0.3) is 0 Å². The van der Waals surface area contributed by atoms with Crippen molar-refractivity contribution >= 4 is 28.7 Å². The quantitative estimate of drug-likeness (QED) is 0.620. The van der Waals surface area contributed by atoms with Crippen LogP contribution >= 0.6 is 11.6 Å². The largest absolute Gasteiger partial charge is 0.339 e. The predicted molar refractivity (Wildman–Crippen MR) is 89.0 cm³/mol. The van der Waals surface area contributed by atoms with Crippen molar-refractivity contribution in [2.24, 2.45) is 0 Å².